The summed E-state index contributed by atoms with van der Waals surface area (Å²) in [6, 6.07) is 9.76. The van der Waals surface area contributed by atoms with Gasteiger partial charge in [0.05, 0.1) is 0 Å². The van der Waals surface area contributed by atoms with Gasteiger partial charge in [0.2, 0.25) is 0 Å². The zero-order chi connectivity index (χ0) is 13.1. The van der Waals surface area contributed by atoms with Crippen molar-refractivity contribution in [2.24, 2.45) is 7.05 Å². The molecule has 0 aliphatic rings. The van der Waals surface area contributed by atoms with E-state index < -0.39 is 0 Å². The van der Waals surface area contributed by atoms with Crippen molar-refractivity contribution < 1.29 is 0 Å². The van der Waals surface area contributed by atoms with Crippen LogP contribution >= 0.6 is 34.2 Å². The van der Waals surface area contributed by atoms with Gasteiger partial charge in [0.1, 0.15) is 11.8 Å². The number of aryl methyl sites for hydroxylation is 1. The van der Waals surface area contributed by atoms with E-state index >= 15 is 0 Å². The van der Waals surface area contributed by atoms with Gasteiger partial charge in [-0.25, -0.2) is 0 Å². The van der Waals surface area contributed by atoms with Crippen LogP contribution in [0.4, 0.5) is 5.69 Å². The average Bonchev–Trinajstić information content (AvgIpc) is 2.69. The normalized spacial score (nSPS) is 10.1. The molecule has 0 aliphatic heterocycles. The lowest BCUT2D eigenvalue weighted by Crippen LogP contribution is -2.00. The molecule has 1 heterocycles. The van der Waals surface area contributed by atoms with Gasteiger partial charge in [0.25, 0.3) is 0 Å². The molecule has 0 radical (unpaired) electrons. The number of nitriles is 1. The highest BCUT2D eigenvalue weighted by Gasteiger charge is 2.04. The van der Waals surface area contributed by atoms with Gasteiger partial charge in [0, 0.05) is 34.1 Å². The van der Waals surface area contributed by atoms with Gasteiger partial charge in [-0.05, 0) is 52.4 Å². The second-order valence-corrected chi connectivity index (χ2v) is 5.53. The first-order chi connectivity index (χ1) is 8.60. The van der Waals surface area contributed by atoms with Crippen LogP contribution in [0.2, 0.25) is 5.02 Å². The molecular weight excluding hydrogens is 361 g/mol. The summed E-state index contributed by atoms with van der Waals surface area (Å²) in [5, 5.41) is 12.9. The second-order valence-electron chi connectivity index (χ2n) is 3.93. The molecule has 1 aromatic heterocycles. The van der Waals surface area contributed by atoms with Gasteiger partial charge in [-0.2, -0.15) is 5.26 Å². The van der Waals surface area contributed by atoms with Gasteiger partial charge < -0.3 is 9.88 Å². The minimum atomic E-state index is 0.664. The van der Waals surface area contributed by atoms with E-state index in [4.69, 9.17) is 16.9 Å². The molecule has 92 valence electrons. The molecule has 2 rings (SSSR count). The Labute approximate surface area is 125 Å². The van der Waals surface area contributed by atoms with Crippen LogP contribution in [0.25, 0.3) is 0 Å². The number of nitrogens with one attached hydrogen (secondary N) is 1. The van der Waals surface area contributed by atoms with E-state index in [9.17, 15) is 0 Å². The van der Waals surface area contributed by atoms with Gasteiger partial charge >= 0.3 is 0 Å². The summed E-state index contributed by atoms with van der Waals surface area (Å²) in [7, 11) is 1.87. The van der Waals surface area contributed by atoms with Gasteiger partial charge in [0.15, 0.2) is 0 Å². The first-order valence-corrected chi connectivity index (χ1v) is 6.80. The van der Waals surface area contributed by atoms with Crippen LogP contribution in [-0.4, -0.2) is 4.57 Å². The topological polar surface area (TPSA) is 40.8 Å². The lowest BCUT2D eigenvalue weighted by Gasteiger charge is -2.07. The van der Waals surface area contributed by atoms with Gasteiger partial charge in [-0.15, -0.1) is 0 Å². The van der Waals surface area contributed by atoms with Crippen molar-refractivity contribution in [1.29, 1.82) is 5.26 Å². The Balaban J connectivity index is 2.09. The van der Waals surface area contributed by atoms with E-state index in [1.807, 2.05) is 42.1 Å². The molecule has 0 spiro atoms. The summed E-state index contributed by atoms with van der Waals surface area (Å²) in [5.41, 5.74) is 2.79. The smallest absolute Gasteiger partial charge is 0.120 e. The lowest BCUT2D eigenvalue weighted by molar-refractivity contribution is 0.902. The van der Waals surface area contributed by atoms with Crippen molar-refractivity contribution in [2.45, 2.75) is 6.54 Å². The third kappa shape index (κ3) is 2.98. The van der Waals surface area contributed by atoms with Crippen LogP contribution in [-0.2, 0) is 13.6 Å². The van der Waals surface area contributed by atoms with E-state index in [1.54, 1.807) is 0 Å². The monoisotopic (exact) mass is 371 g/mol. The molecular formula is C13H11ClIN3. The van der Waals surface area contributed by atoms with Crippen molar-refractivity contribution in [1.82, 2.24) is 4.57 Å². The summed E-state index contributed by atoms with van der Waals surface area (Å²) >= 11 is 8.15. The van der Waals surface area contributed by atoms with Crippen molar-refractivity contribution in [3.05, 3.63) is 50.3 Å². The fourth-order valence-electron chi connectivity index (χ4n) is 1.67. The van der Waals surface area contributed by atoms with E-state index in [1.165, 1.54) is 0 Å². The second kappa shape index (κ2) is 5.63. The Bertz CT molecular complexity index is 613. The Morgan fingerprint density at radius 2 is 2.22 bits per heavy atom. The van der Waals surface area contributed by atoms with Gasteiger partial charge in [-0.3, -0.25) is 0 Å². The quantitative estimate of drug-likeness (QED) is 0.835. The zero-order valence-corrected chi connectivity index (χ0v) is 12.7. The molecule has 0 saturated heterocycles. The Kier molecular flexibility index (Phi) is 4.15. The van der Waals surface area contributed by atoms with Crippen LogP contribution in [0.1, 0.15) is 11.3 Å². The maximum atomic E-state index is 8.88. The van der Waals surface area contributed by atoms with Crippen LogP contribution < -0.4 is 5.32 Å². The van der Waals surface area contributed by atoms with Crippen molar-refractivity contribution in [2.75, 3.05) is 5.32 Å². The minimum absolute atomic E-state index is 0.664. The molecule has 2 aromatic rings. The molecule has 18 heavy (non-hydrogen) atoms. The fourth-order valence-corrected chi connectivity index (χ4v) is 2.73. The largest absolute Gasteiger partial charge is 0.380 e. The number of halogens is 2. The summed E-state index contributed by atoms with van der Waals surface area (Å²) in [5.74, 6) is 0. The molecule has 3 nitrogen and oxygen atoms in total. The molecule has 0 atom stereocenters. The number of aromatic nitrogens is 1. The molecule has 0 bridgehead atoms. The lowest BCUT2D eigenvalue weighted by atomic mass is 10.3. The van der Waals surface area contributed by atoms with Crippen molar-refractivity contribution in [3.8, 4) is 6.07 Å². The number of hydrogen-bond donors (Lipinski definition) is 1. The summed E-state index contributed by atoms with van der Waals surface area (Å²) in [6.07, 6.45) is 1.95. The highest BCUT2D eigenvalue weighted by Crippen LogP contribution is 2.23. The predicted octanol–water partition coefficient (Wildman–Crippen LogP) is 3.77. The third-order valence-electron chi connectivity index (χ3n) is 2.59. The number of rotatable bonds is 3. The van der Waals surface area contributed by atoms with Crippen molar-refractivity contribution in [3.63, 3.8) is 0 Å². The zero-order valence-electron chi connectivity index (χ0n) is 9.74. The highest BCUT2D eigenvalue weighted by atomic mass is 127. The Hall–Kier alpha value is -1.19. The molecule has 5 heteroatoms. The molecule has 0 aliphatic carbocycles. The molecule has 1 aromatic carbocycles. The number of nitrogens with zero attached hydrogens (tertiary/aromatic N) is 2. The standard InChI is InChI=1S/C13H11ClIN3/c1-18-8-9(4-11(18)6-16)7-17-13-3-2-10(14)5-12(13)15/h2-5,8,17H,7H2,1H3. The highest BCUT2D eigenvalue weighted by molar-refractivity contribution is 14.1. The predicted molar refractivity (Wildman–Crippen MR) is 81.6 cm³/mol. The van der Waals surface area contributed by atoms with Crippen LogP contribution in [0.3, 0.4) is 0 Å². The van der Waals surface area contributed by atoms with Gasteiger partial charge in [-0.1, -0.05) is 11.6 Å². The fraction of sp³-hybridized carbons (Fsp3) is 0.154. The first-order valence-electron chi connectivity index (χ1n) is 5.34. The summed E-state index contributed by atoms with van der Waals surface area (Å²) < 4.78 is 2.90. The van der Waals surface area contributed by atoms with Crippen LogP contribution in [0.15, 0.2) is 30.5 Å². The van der Waals surface area contributed by atoms with E-state index in [2.05, 4.69) is 34.0 Å². The summed E-state index contributed by atoms with van der Waals surface area (Å²) in [4.78, 5) is 0. The maximum absolute atomic E-state index is 8.88. The van der Waals surface area contributed by atoms with E-state index in [-0.39, 0.29) is 0 Å². The average molecular weight is 372 g/mol. The number of benzene rings is 1. The van der Waals surface area contributed by atoms with Crippen molar-refractivity contribution >= 4 is 39.9 Å². The molecule has 0 fully saturated rings. The van der Waals surface area contributed by atoms with Crippen LogP contribution in [0, 0.1) is 14.9 Å². The Morgan fingerprint density at radius 3 is 2.83 bits per heavy atom. The number of anilines is 1. The molecule has 0 amide bonds. The Morgan fingerprint density at radius 1 is 1.44 bits per heavy atom. The summed E-state index contributed by atoms with van der Waals surface area (Å²) in [6.45, 7) is 0.688. The maximum Gasteiger partial charge on any atom is 0.120 e. The number of hydrogen-bond acceptors (Lipinski definition) is 2. The minimum Gasteiger partial charge on any atom is -0.380 e. The SMILES string of the molecule is Cn1cc(CNc2ccc(Cl)cc2I)cc1C#N. The third-order valence-corrected chi connectivity index (χ3v) is 3.72. The molecule has 0 unspecified atom stereocenters. The van der Waals surface area contributed by atoms with E-state index in [0.29, 0.717) is 12.2 Å². The first kappa shape index (κ1) is 13.2. The molecule has 1 N–H and O–H groups in total. The van der Waals surface area contributed by atoms with Crippen LogP contribution in [0.5, 0.6) is 0 Å². The molecule has 0 saturated carbocycles. The van der Waals surface area contributed by atoms with E-state index in [0.717, 1.165) is 19.8 Å².